The molecule has 0 fully saturated rings. The number of para-hydroxylation sites is 1. The Bertz CT molecular complexity index is 1990. The molecule has 0 aliphatic carbocycles. The van der Waals surface area contributed by atoms with Gasteiger partial charge in [0.25, 0.3) is 11.5 Å². The molecule has 2 aliphatic heterocycles. The first-order valence-electron chi connectivity index (χ1n) is 13.7. The summed E-state index contributed by atoms with van der Waals surface area (Å²) in [6.07, 6.45) is 0. The molecule has 1 atom stereocenters. The van der Waals surface area contributed by atoms with Gasteiger partial charge in [-0.15, -0.1) is 0 Å². The number of thiazole rings is 1. The first kappa shape index (κ1) is 28.0. The number of aromatic nitrogens is 1. The molecule has 0 radical (unpaired) electrons. The van der Waals surface area contributed by atoms with Gasteiger partial charge in [0.15, 0.2) is 4.80 Å². The number of hydrogen-bond donors (Lipinski definition) is 0. The van der Waals surface area contributed by atoms with Gasteiger partial charge in [0.1, 0.15) is 11.1 Å². The van der Waals surface area contributed by atoms with Gasteiger partial charge in [-0.3, -0.25) is 14.2 Å². The van der Waals surface area contributed by atoms with E-state index in [2.05, 4.69) is 4.99 Å². The lowest BCUT2D eigenvalue weighted by molar-refractivity contribution is -0.140. The lowest BCUT2D eigenvalue weighted by atomic mass is 9.95. The third-order valence-electron chi connectivity index (χ3n) is 7.54. The first-order chi connectivity index (χ1) is 20.8. The number of nitrogens with zero attached hydrogens (tertiary/aromatic N) is 3. The minimum Gasteiger partial charge on any atom is -0.465 e. The van der Waals surface area contributed by atoms with Crippen molar-refractivity contribution in [2.75, 3.05) is 18.6 Å². The van der Waals surface area contributed by atoms with Crippen molar-refractivity contribution >= 4 is 40.4 Å². The summed E-state index contributed by atoms with van der Waals surface area (Å²) in [5, 5.41) is 0. The van der Waals surface area contributed by atoms with Crippen molar-refractivity contribution in [3.05, 3.63) is 132 Å². The van der Waals surface area contributed by atoms with Gasteiger partial charge in [-0.05, 0) is 43.2 Å². The van der Waals surface area contributed by atoms with E-state index in [-0.39, 0.29) is 22.6 Å². The van der Waals surface area contributed by atoms with Gasteiger partial charge in [-0.25, -0.2) is 14.6 Å². The number of carbonyl (C=O) groups is 3. The first-order valence-corrected chi connectivity index (χ1v) is 14.5. The molecule has 0 bridgehead atoms. The maximum atomic E-state index is 14.3. The highest BCUT2D eigenvalue weighted by Gasteiger charge is 2.37. The summed E-state index contributed by atoms with van der Waals surface area (Å²) in [5.74, 6) is -1.39. The molecule has 9 nitrogen and oxygen atoms in total. The van der Waals surface area contributed by atoms with E-state index in [0.717, 1.165) is 22.6 Å². The SMILES string of the molecule is CCN1C(=O)C(=c2sc3n(c2=O)C(c2ccc(C(=O)OC)cc2)C(C(=O)OCc2ccccc2)=C(C)N=3)c2ccccc21. The zero-order valence-electron chi connectivity index (χ0n) is 23.7. The summed E-state index contributed by atoms with van der Waals surface area (Å²) >= 11 is 1.12. The van der Waals surface area contributed by atoms with Crippen molar-refractivity contribution in [3.8, 4) is 0 Å². The Morgan fingerprint density at radius 2 is 1.63 bits per heavy atom. The largest absolute Gasteiger partial charge is 0.465 e. The molecule has 43 heavy (non-hydrogen) atoms. The topological polar surface area (TPSA) is 107 Å². The molecular formula is C33H27N3O6S. The van der Waals surface area contributed by atoms with E-state index in [1.165, 1.54) is 11.7 Å². The van der Waals surface area contributed by atoms with Crippen LogP contribution in [-0.4, -0.2) is 36.1 Å². The van der Waals surface area contributed by atoms with Crippen molar-refractivity contribution in [3.63, 3.8) is 0 Å². The molecule has 3 heterocycles. The maximum Gasteiger partial charge on any atom is 0.338 e. The van der Waals surface area contributed by atoms with Crippen LogP contribution in [0.4, 0.5) is 5.69 Å². The molecule has 0 spiro atoms. The minimum absolute atomic E-state index is 0.0388. The van der Waals surface area contributed by atoms with E-state index in [9.17, 15) is 19.2 Å². The predicted molar refractivity (Wildman–Crippen MR) is 161 cm³/mol. The second kappa shape index (κ2) is 11.3. The van der Waals surface area contributed by atoms with Crippen LogP contribution in [0.15, 0.2) is 99.9 Å². The van der Waals surface area contributed by atoms with Crippen LogP contribution in [0.5, 0.6) is 0 Å². The number of allylic oxidation sites excluding steroid dienone is 1. The zero-order chi connectivity index (χ0) is 30.2. The summed E-state index contributed by atoms with van der Waals surface area (Å²) in [6, 6.07) is 22.3. The van der Waals surface area contributed by atoms with E-state index < -0.39 is 23.5 Å². The number of benzene rings is 3. The molecule has 1 unspecified atom stereocenters. The third-order valence-corrected chi connectivity index (χ3v) is 8.60. The van der Waals surface area contributed by atoms with Gasteiger partial charge in [-0.2, -0.15) is 0 Å². The Hall–Kier alpha value is -5.09. The molecule has 0 saturated carbocycles. The molecule has 0 N–H and O–H groups in total. The number of amides is 1. The van der Waals surface area contributed by atoms with Crippen molar-refractivity contribution in [2.24, 2.45) is 4.99 Å². The van der Waals surface area contributed by atoms with E-state index in [4.69, 9.17) is 9.47 Å². The predicted octanol–water partition coefficient (Wildman–Crippen LogP) is 3.50. The van der Waals surface area contributed by atoms with E-state index in [0.29, 0.717) is 39.3 Å². The molecule has 216 valence electrons. The van der Waals surface area contributed by atoms with Crippen molar-refractivity contribution < 1.29 is 23.9 Å². The van der Waals surface area contributed by atoms with Crippen LogP contribution in [0.3, 0.4) is 0 Å². The van der Waals surface area contributed by atoms with Gasteiger partial charge in [-0.1, -0.05) is 72.0 Å². The molecule has 10 heteroatoms. The fourth-order valence-corrected chi connectivity index (χ4v) is 6.62. The number of carbonyl (C=O) groups excluding carboxylic acids is 3. The number of ether oxygens (including phenoxy) is 2. The van der Waals surface area contributed by atoms with Crippen LogP contribution < -0.4 is 19.8 Å². The number of rotatable bonds is 6. The molecule has 6 rings (SSSR count). The normalized spacial score (nSPS) is 16.9. The second-order valence-corrected chi connectivity index (χ2v) is 11.0. The number of esters is 2. The fourth-order valence-electron chi connectivity index (χ4n) is 5.48. The van der Waals surface area contributed by atoms with Crippen LogP contribution >= 0.6 is 11.3 Å². The lowest BCUT2D eigenvalue weighted by Gasteiger charge is -2.25. The van der Waals surface area contributed by atoms with Crippen molar-refractivity contribution in [1.29, 1.82) is 0 Å². The number of likely N-dealkylation sites (N-methyl/N-ethyl adjacent to an activating group) is 1. The highest BCUT2D eigenvalue weighted by atomic mass is 32.1. The average molecular weight is 594 g/mol. The Labute approximate surface area is 250 Å². The Kier molecular flexibility index (Phi) is 7.37. The number of anilines is 1. The van der Waals surface area contributed by atoms with Gasteiger partial charge < -0.3 is 14.4 Å². The Morgan fingerprint density at radius 3 is 2.33 bits per heavy atom. The fraction of sp³-hybridized carbons (Fsp3) is 0.182. The molecule has 1 amide bonds. The molecule has 0 saturated heterocycles. The highest BCUT2D eigenvalue weighted by molar-refractivity contribution is 7.07. The number of hydrogen-bond acceptors (Lipinski definition) is 8. The monoisotopic (exact) mass is 593 g/mol. The molecule has 2 aliphatic rings. The number of methoxy groups -OCH3 is 1. The van der Waals surface area contributed by atoms with Gasteiger partial charge in [0, 0.05) is 12.1 Å². The lowest BCUT2D eigenvalue weighted by Crippen LogP contribution is -2.41. The van der Waals surface area contributed by atoms with Crippen LogP contribution in [0.2, 0.25) is 0 Å². The Balaban J connectivity index is 1.53. The second-order valence-electron chi connectivity index (χ2n) is 10.0. The van der Waals surface area contributed by atoms with E-state index in [1.807, 2.05) is 61.5 Å². The van der Waals surface area contributed by atoms with Crippen LogP contribution in [0, 0.1) is 0 Å². The minimum atomic E-state index is -0.908. The maximum absolute atomic E-state index is 14.3. The van der Waals surface area contributed by atoms with Crippen molar-refractivity contribution in [1.82, 2.24) is 4.57 Å². The van der Waals surface area contributed by atoms with E-state index >= 15 is 0 Å². The van der Waals surface area contributed by atoms with E-state index in [1.54, 1.807) is 36.1 Å². The summed E-state index contributed by atoms with van der Waals surface area (Å²) in [7, 11) is 1.30. The molecule has 4 aromatic rings. The molecular weight excluding hydrogens is 566 g/mol. The van der Waals surface area contributed by atoms with Gasteiger partial charge in [0.05, 0.1) is 41.2 Å². The average Bonchev–Trinajstić information content (AvgIpc) is 3.50. The molecule has 3 aromatic carbocycles. The Morgan fingerprint density at radius 1 is 0.930 bits per heavy atom. The van der Waals surface area contributed by atoms with Crippen LogP contribution in [0.25, 0.3) is 5.57 Å². The third kappa shape index (κ3) is 4.79. The zero-order valence-corrected chi connectivity index (χ0v) is 24.5. The van der Waals surface area contributed by atoms with Crippen LogP contribution in [0.1, 0.15) is 46.9 Å². The summed E-state index contributed by atoms with van der Waals surface area (Å²) in [5.41, 5.74) is 3.58. The van der Waals surface area contributed by atoms with Crippen molar-refractivity contribution in [2.45, 2.75) is 26.5 Å². The summed E-state index contributed by atoms with van der Waals surface area (Å²) in [6.45, 7) is 4.07. The van der Waals surface area contributed by atoms with Crippen LogP contribution in [-0.2, 0) is 25.7 Å². The quantitative estimate of drug-likeness (QED) is 0.317. The van der Waals surface area contributed by atoms with Gasteiger partial charge >= 0.3 is 11.9 Å². The summed E-state index contributed by atoms with van der Waals surface area (Å²) < 4.78 is 12.2. The molecule has 1 aromatic heterocycles. The smallest absolute Gasteiger partial charge is 0.338 e. The van der Waals surface area contributed by atoms with Gasteiger partial charge in [0.2, 0.25) is 0 Å². The summed E-state index contributed by atoms with van der Waals surface area (Å²) in [4.78, 5) is 60.3. The highest BCUT2D eigenvalue weighted by Crippen LogP contribution is 2.35. The number of fused-ring (bicyclic) bond motifs is 2. The standard InChI is InChI=1S/C33H27N3O6S/c1-4-35-24-13-9-8-12-23(24)26(29(35)37)28-30(38)36-27(21-14-16-22(17-15-21)31(39)41-3)25(19(2)34-33(36)43-28)32(40)42-18-20-10-6-5-7-11-20/h5-17,27H,4,18H2,1-3H3.